The molecule has 2 N–H and O–H groups in total. The Morgan fingerprint density at radius 2 is 1.53 bits per heavy atom. The average molecular weight is 552 g/mol. The van der Waals surface area contributed by atoms with E-state index in [1.807, 2.05) is 12.3 Å². The zero-order chi connectivity index (χ0) is 28.3. The van der Waals surface area contributed by atoms with E-state index in [1.165, 1.54) is 5.56 Å². The lowest BCUT2D eigenvalue weighted by atomic mass is 10.1. The summed E-state index contributed by atoms with van der Waals surface area (Å²) in [5, 5.41) is 14.2. The fraction of sp³-hybridized carbons (Fsp3) is 0.458. The van der Waals surface area contributed by atoms with Gasteiger partial charge in [0.2, 0.25) is 0 Å². The predicted molar refractivity (Wildman–Crippen MR) is 120 cm³/mol. The summed E-state index contributed by atoms with van der Waals surface area (Å²) in [5.74, 6) is -5.51. The molecule has 2 heterocycles. The number of alkyl halides is 6. The molecule has 14 heteroatoms. The van der Waals surface area contributed by atoms with Gasteiger partial charge >= 0.3 is 24.3 Å². The van der Waals surface area contributed by atoms with Crippen LogP contribution in [0.25, 0.3) is 0 Å². The summed E-state index contributed by atoms with van der Waals surface area (Å²) in [7, 11) is 0. The van der Waals surface area contributed by atoms with Crippen LogP contribution < -0.4 is 0 Å². The van der Waals surface area contributed by atoms with Crippen LogP contribution in [0.1, 0.15) is 24.0 Å². The molecule has 1 aromatic heterocycles. The number of aliphatic carboxylic acids is 2. The molecule has 2 fully saturated rings. The highest BCUT2D eigenvalue weighted by atomic mass is 19.4. The van der Waals surface area contributed by atoms with Gasteiger partial charge in [0.1, 0.15) is 0 Å². The molecule has 210 valence electrons. The van der Waals surface area contributed by atoms with Gasteiger partial charge in [0.25, 0.3) is 0 Å². The highest BCUT2D eigenvalue weighted by Gasteiger charge is 2.43. The molecule has 2 aliphatic rings. The lowest BCUT2D eigenvalue weighted by Gasteiger charge is -2.39. The molecule has 1 aliphatic carbocycles. The first kappa shape index (κ1) is 31.0. The van der Waals surface area contributed by atoms with Crippen molar-refractivity contribution in [3.8, 4) is 0 Å². The second-order valence-electron chi connectivity index (χ2n) is 8.25. The van der Waals surface area contributed by atoms with Crippen LogP contribution in [0.2, 0.25) is 0 Å². The summed E-state index contributed by atoms with van der Waals surface area (Å²) in [6.07, 6.45) is -3.90. The molecule has 1 aromatic carbocycles. The fourth-order valence-corrected chi connectivity index (χ4v) is 3.87. The third-order valence-corrected chi connectivity index (χ3v) is 5.55. The molecule has 8 nitrogen and oxygen atoms in total. The van der Waals surface area contributed by atoms with Gasteiger partial charge in [0.05, 0.1) is 25.4 Å². The Kier molecular flexibility index (Phi) is 11.5. The first-order valence-electron chi connectivity index (χ1n) is 11.3. The number of hydrogen-bond acceptors (Lipinski definition) is 6. The first-order valence-corrected chi connectivity index (χ1v) is 11.3. The molecule has 0 spiro atoms. The summed E-state index contributed by atoms with van der Waals surface area (Å²) in [6, 6.07) is 15.2. The van der Waals surface area contributed by atoms with Crippen LogP contribution in [-0.4, -0.2) is 75.8 Å². The molecule has 4 rings (SSSR count). The molecule has 2 aromatic rings. The summed E-state index contributed by atoms with van der Waals surface area (Å²) in [6.45, 7) is 3.41. The minimum absolute atomic E-state index is 0.189. The molecule has 1 saturated heterocycles. The molecular formula is C24H26F6N2O6. The van der Waals surface area contributed by atoms with E-state index in [1.54, 1.807) is 6.20 Å². The number of nitrogens with zero attached hydrogens (tertiary/aromatic N) is 2. The van der Waals surface area contributed by atoms with Crippen LogP contribution in [0.3, 0.4) is 0 Å². The van der Waals surface area contributed by atoms with Crippen molar-refractivity contribution >= 4 is 11.9 Å². The van der Waals surface area contributed by atoms with Crippen molar-refractivity contribution in [2.24, 2.45) is 0 Å². The predicted octanol–water partition coefficient (Wildman–Crippen LogP) is 4.30. The average Bonchev–Trinajstić information content (AvgIpc) is 3.28. The second kappa shape index (κ2) is 14.1. The van der Waals surface area contributed by atoms with Crippen LogP contribution in [0.5, 0.6) is 0 Å². The van der Waals surface area contributed by atoms with E-state index in [4.69, 9.17) is 29.3 Å². The molecule has 38 heavy (non-hydrogen) atoms. The SMILES string of the molecule is O=C(O)C(F)(F)F.O=C(O)C(F)(F)F.c1ccc(CN2CCO[C@H]3[C@H](OCc4cccnc4)CC[C@@H]32)cc1. The summed E-state index contributed by atoms with van der Waals surface area (Å²) in [5.41, 5.74) is 2.50. The highest BCUT2D eigenvalue weighted by Crippen LogP contribution is 2.33. The number of aromatic nitrogens is 1. The van der Waals surface area contributed by atoms with Gasteiger partial charge in [-0.3, -0.25) is 9.88 Å². The van der Waals surface area contributed by atoms with Crippen molar-refractivity contribution in [2.75, 3.05) is 13.2 Å². The third-order valence-electron chi connectivity index (χ3n) is 5.55. The Bertz CT molecular complexity index is 983. The Labute approximate surface area is 213 Å². The Hall–Kier alpha value is -3.23. The number of carboxylic acid groups (broad SMARTS) is 2. The normalized spacial score (nSPS) is 21.3. The zero-order valence-electron chi connectivity index (χ0n) is 19.9. The summed E-state index contributed by atoms with van der Waals surface area (Å²) < 4.78 is 75.7. The second-order valence-corrected chi connectivity index (χ2v) is 8.25. The number of carboxylic acids is 2. The Morgan fingerprint density at radius 1 is 0.947 bits per heavy atom. The van der Waals surface area contributed by atoms with Crippen LogP contribution in [0.4, 0.5) is 26.3 Å². The fourth-order valence-electron chi connectivity index (χ4n) is 3.87. The Balaban J connectivity index is 0.000000301. The lowest BCUT2D eigenvalue weighted by molar-refractivity contribution is -0.193. The molecule has 0 radical (unpaired) electrons. The van der Waals surface area contributed by atoms with Gasteiger partial charge < -0.3 is 19.7 Å². The number of morpholine rings is 1. The summed E-state index contributed by atoms with van der Waals surface area (Å²) >= 11 is 0. The van der Waals surface area contributed by atoms with Crippen LogP contribution in [0.15, 0.2) is 54.9 Å². The largest absolute Gasteiger partial charge is 0.490 e. The smallest absolute Gasteiger partial charge is 0.475 e. The van der Waals surface area contributed by atoms with E-state index < -0.39 is 24.3 Å². The third kappa shape index (κ3) is 10.3. The van der Waals surface area contributed by atoms with Gasteiger partial charge in [-0.2, -0.15) is 26.3 Å². The summed E-state index contributed by atoms with van der Waals surface area (Å²) in [4.78, 5) is 24.5. The number of hydrogen-bond donors (Lipinski definition) is 2. The molecule has 0 unspecified atom stereocenters. The minimum atomic E-state index is -5.08. The zero-order valence-corrected chi connectivity index (χ0v) is 19.9. The van der Waals surface area contributed by atoms with Crippen molar-refractivity contribution in [1.29, 1.82) is 0 Å². The van der Waals surface area contributed by atoms with Crippen molar-refractivity contribution in [1.82, 2.24) is 9.88 Å². The number of pyridine rings is 1. The topological polar surface area (TPSA) is 109 Å². The maximum absolute atomic E-state index is 10.6. The van der Waals surface area contributed by atoms with Crippen LogP contribution in [-0.2, 0) is 32.2 Å². The van der Waals surface area contributed by atoms with E-state index >= 15 is 0 Å². The quantitative estimate of drug-likeness (QED) is 0.529. The number of ether oxygens (including phenoxy) is 2. The van der Waals surface area contributed by atoms with Gasteiger partial charge in [0.15, 0.2) is 0 Å². The Morgan fingerprint density at radius 3 is 2.05 bits per heavy atom. The van der Waals surface area contributed by atoms with Crippen molar-refractivity contribution in [3.63, 3.8) is 0 Å². The van der Waals surface area contributed by atoms with E-state index in [0.717, 1.165) is 38.1 Å². The minimum Gasteiger partial charge on any atom is -0.475 e. The van der Waals surface area contributed by atoms with Crippen LogP contribution >= 0.6 is 0 Å². The number of carbonyl (C=O) groups is 2. The molecule has 3 atom stereocenters. The molecule has 0 amide bonds. The number of benzene rings is 1. The van der Waals surface area contributed by atoms with Crippen molar-refractivity contribution < 1.29 is 55.6 Å². The molecule has 0 bridgehead atoms. The molecule has 1 aliphatic heterocycles. The van der Waals surface area contributed by atoms with Gasteiger partial charge in [-0.15, -0.1) is 0 Å². The van der Waals surface area contributed by atoms with Gasteiger partial charge in [-0.25, -0.2) is 9.59 Å². The van der Waals surface area contributed by atoms with E-state index in [0.29, 0.717) is 12.6 Å². The maximum Gasteiger partial charge on any atom is 0.490 e. The monoisotopic (exact) mass is 552 g/mol. The van der Waals surface area contributed by atoms with Crippen molar-refractivity contribution in [3.05, 3.63) is 66.0 Å². The molecular weight excluding hydrogens is 526 g/mol. The number of rotatable bonds is 5. The van der Waals surface area contributed by atoms with E-state index in [2.05, 4.69) is 46.3 Å². The maximum atomic E-state index is 10.6. The van der Waals surface area contributed by atoms with E-state index in [-0.39, 0.29) is 12.2 Å². The molecule has 1 saturated carbocycles. The highest BCUT2D eigenvalue weighted by molar-refractivity contribution is 5.73. The van der Waals surface area contributed by atoms with Gasteiger partial charge in [0, 0.05) is 31.5 Å². The van der Waals surface area contributed by atoms with Crippen molar-refractivity contribution in [2.45, 2.75) is 56.6 Å². The first-order chi connectivity index (χ1) is 17.8. The number of fused-ring (bicyclic) bond motifs is 1. The number of halogens is 6. The standard InChI is InChI=1S/C20H24N2O2.2C2HF3O2/c1-2-5-16(6-3-1)14-22-11-12-23-20-18(22)8-9-19(20)24-15-17-7-4-10-21-13-17;2*3-2(4,5)1(6)7/h1-7,10,13,18-20H,8-9,11-12,14-15H2;2*(H,6,7)/t18-,19+,20+;;/m0../s1. The van der Waals surface area contributed by atoms with Gasteiger partial charge in [-0.1, -0.05) is 36.4 Å². The van der Waals surface area contributed by atoms with E-state index in [9.17, 15) is 26.3 Å². The van der Waals surface area contributed by atoms with Gasteiger partial charge in [-0.05, 0) is 30.0 Å². The lowest BCUT2D eigenvalue weighted by Crippen LogP contribution is -2.51. The van der Waals surface area contributed by atoms with Crippen LogP contribution in [0, 0.1) is 0 Å².